The summed E-state index contributed by atoms with van der Waals surface area (Å²) in [5.41, 5.74) is 1.58. The van der Waals surface area contributed by atoms with Gasteiger partial charge in [0.05, 0.1) is 5.56 Å². The molecule has 1 amide bonds. The monoisotopic (exact) mass is 245 g/mol. The van der Waals surface area contributed by atoms with Crippen LogP contribution < -0.4 is 5.32 Å². The summed E-state index contributed by atoms with van der Waals surface area (Å²) in [6, 6.07) is 6.60. The Morgan fingerprint density at radius 1 is 1.28 bits per heavy atom. The van der Waals surface area contributed by atoms with Crippen LogP contribution in [0.5, 0.6) is 0 Å². The van der Waals surface area contributed by atoms with E-state index < -0.39 is 5.97 Å². The van der Waals surface area contributed by atoms with E-state index in [9.17, 15) is 9.59 Å². The molecule has 1 aromatic carbocycles. The summed E-state index contributed by atoms with van der Waals surface area (Å²) in [4.78, 5) is 22.5. The number of hydrogen-bond acceptors (Lipinski definition) is 2. The van der Waals surface area contributed by atoms with Crippen molar-refractivity contribution < 1.29 is 14.7 Å². The highest BCUT2D eigenvalue weighted by Gasteiger charge is 2.65. The third kappa shape index (κ3) is 1.98. The lowest BCUT2D eigenvalue weighted by atomic mass is 10.1. The molecule has 0 saturated heterocycles. The maximum absolute atomic E-state index is 11.8. The van der Waals surface area contributed by atoms with E-state index in [1.54, 1.807) is 24.3 Å². The van der Waals surface area contributed by atoms with Crippen LogP contribution in [0.15, 0.2) is 24.3 Å². The number of rotatable bonds is 4. The summed E-state index contributed by atoms with van der Waals surface area (Å²) in [6.07, 6.45) is 3.47. The minimum atomic E-state index is -0.931. The van der Waals surface area contributed by atoms with Crippen LogP contribution in [0.25, 0.3) is 0 Å². The van der Waals surface area contributed by atoms with E-state index in [1.165, 1.54) is 12.8 Å². The quantitative estimate of drug-likeness (QED) is 0.850. The Balaban J connectivity index is 1.53. The summed E-state index contributed by atoms with van der Waals surface area (Å²) in [7, 11) is 0. The zero-order chi connectivity index (χ0) is 12.8. The van der Waals surface area contributed by atoms with Crippen LogP contribution in [0.2, 0.25) is 0 Å². The van der Waals surface area contributed by atoms with Gasteiger partial charge in [0.25, 0.3) is 0 Å². The Morgan fingerprint density at radius 3 is 2.44 bits per heavy atom. The van der Waals surface area contributed by atoms with Gasteiger partial charge in [0.2, 0.25) is 5.91 Å². The highest BCUT2D eigenvalue weighted by Crippen LogP contribution is 2.70. The van der Waals surface area contributed by atoms with Crippen molar-refractivity contribution in [3.63, 3.8) is 0 Å². The molecule has 1 aromatic rings. The fourth-order valence-electron chi connectivity index (χ4n) is 2.51. The number of benzene rings is 1. The molecule has 1 spiro atoms. The Labute approximate surface area is 105 Å². The second-order valence-electron chi connectivity index (χ2n) is 5.34. The maximum atomic E-state index is 11.8. The van der Waals surface area contributed by atoms with E-state index in [0.717, 1.165) is 12.0 Å². The van der Waals surface area contributed by atoms with Crippen molar-refractivity contribution in [2.45, 2.75) is 25.8 Å². The Bertz CT molecular complexity index is 502. The minimum Gasteiger partial charge on any atom is -0.478 e. The molecule has 2 aliphatic rings. The second kappa shape index (κ2) is 3.83. The minimum absolute atomic E-state index is 0.148. The Hall–Kier alpha value is -1.84. The number of nitrogens with one attached hydrogen (secondary N) is 1. The molecule has 0 heterocycles. The van der Waals surface area contributed by atoms with Gasteiger partial charge in [-0.3, -0.25) is 4.79 Å². The molecule has 94 valence electrons. The van der Waals surface area contributed by atoms with Gasteiger partial charge in [-0.2, -0.15) is 0 Å². The van der Waals surface area contributed by atoms with Crippen molar-refractivity contribution in [2.24, 2.45) is 11.3 Å². The first-order chi connectivity index (χ1) is 8.61. The van der Waals surface area contributed by atoms with Crippen LogP contribution in [-0.4, -0.2) is 17.0 Å². The SMILES string of the molecule is O=C(O)c1ccc(CNC(=O)C2CC23CC3)cc1. The standard InChI is InChI=1S/C14H15NO3/c16-12(11-7-14(11)5-6-14)15-8-9-1-3-10(4-2-9)13(17)18/h1-4,11H,5-8H2,(H,15,16)(H,17,18). The fraction of sp³-hybridized carbons (Fsp3) is 0.429. The van der Waals surface area contributed by atoms with Crippen LogP contribution in [0.3, 0.4) is 0 Å². The van der Waals surface area contributed by atoms with Crippen LogP contribution in [0, 0.1) is 11.3 Å². The van der Waals surface area contributed by atoms with Gasteiger partial charge in [0.15, 0.2) is 0 Å². The summed E-state index contributed by atoms with van der Waals surface area (Å²) in [5, 5.41) is 11.7. The molecule has 0 bridgehead atoms. The molecule has 18 heavy (non-hydrogen) atoms. The van der Waals surface area contributed by atoms with E-state index in [-0.39, 0.29) is 17.4 Å². The lowest BCUT2D eigenvalue weighted by molar-refractivity contribution is -0.122. The fourth-order valence-corrected chi connectivity index (χ4v) is 2.51. The summed E-state index contributed by atoms with van der Waals surface area (Å²) in [6.45, 7) is 0.477. The molecular weight excluding hydrogens is 230 g/mol. The highest BCUT2D eigenvalue weighted by atomic mass is 16.4. The van der Waals surface area contributed by atoms with Gasteiger partial charge in [-0.05, 0) is 42.4 Å². The molecule has 0 aliphatic heterocycles. The first-order valence-electron chi connectivity index (χ1n) is 6.21. The molecule has 2 saturated carbocycles. The van der Waals surface area contributed by atoms with Crippen LogP contribution in [0.1, 0.15) is 35.2 Å². The average molecular weight is 245 g/mol. The van der Waals surface area contributed by atoms with Crippen molar-refractivity contribution in [3.8, 4) is 0 Å². The van der Waals surface area contributed by atoms with E-state index in [2.05, 4.69) is 5.32 Å². The molecule has 4 heteroatoms. The molecule has 0 aromatic heterocycles. The molecule has 4 nitrogen and oxygen atoms in total. The number of amides is 1. The largest absolute Gasteiger partial charge is 0.478 e. The van der Waals surface area contributed by atoms with Crippen LogP contribution >= 0.6 is 0 Å². The molecule has 2 aliphatic carbocycles. The Kier molecular flexibility index (Phi) is 2.40. The molecule has 1 atom stereocenters. The second-order valence-corrected chi connectivity index (χ2v) is 5.34. The van der Waals surface area contributed by atoms with Crippen molar-refractivity contribution in [3.05, 3.63) is 35.4 Å². The normalized spacial score (nSPS) is 22.6. The van der Waals surface area contributed by atoms with Gasteiger partial charge < -0.3 is 10.4 Å². The number of carbonyl (C=O) groups is 2. The smallest absolute Gasteiger partial charge is 0.335 e. The van der Waals surface area contributed by atoms with Gasteiger partial charge in [-0.15, -0.1) is 0 Å². The van der Waals surface area contributed by atoms with Gasteiger partial charge >= 0.3 is 5.97 Å². The van der Waals surface area contributed by atoms with E-state index in [0.29, 0.717) is 12.0 Å². The molecule has 1 unspecified atom stereocenters. The van der Waals surface area contributed by atoms with Crippen molar-refractivity contribution in [1.29, 1.82) is 0 Å². The summed E-state index contributed by atoms with van der Waals surface area (Å²) in [5.74, 6) is -0.551. The van der Waals surface area contributed by atoms with Gasteiger partial charge in [-0.25, -0.2) is 4.79 Å². The number of hydrogen-bond donors (Lipinski definition) is 2. The third-order valence-corrected chi connectivity index (χ3v) is 4.07. The topological polar surface area (TPSA) is 66.4 Å². The van der Waals surface area contributed by atoms with Crippen LogP contribution in [-0.2, 0) is 11.3 Å². The summed E-state index contributed by atoms with van der Waals surface area (Å²) >= 11 is 0. The molecule has 0 radical (unpaired) electrons. The first kappa shape index (κ1) is 11.3. The lowest BCUT2D eigenvalue weighted by Crippen LogP contribution is -2.25. The zero-order valence-corrected chi connectivity index (χ0v) is 9.98. The van der Waals surface area contributed by atoms with Gasteiger partial charge in [0.1, 0.15) is 0 Å². The van der Waals surface area contributed by atoms with E-state index >= 15 is 0 Å². The molecular formula is C14H15NO3. The third-order valence-electron chi connectivity index (χ3n) is 4.07. The lowest BCUT2D eigenvalue weighted by Gasteiger charge is -2.05. The Morgan fingerprint density at radius 2 is 1.94 bits per heavy atom. The van der Waals surface area contributed by atoms with Crippen molar-refractivity contribution in [1.82, 2.24) is 5.32 Å². The number of carboxylic acids is 1. The highest BCUT2D eigenvalue weighted by molar-refractivity contribution is 5.87. The molecule has 2 N–H and O–H groups in total. The number of carbonyl (C=O) groups excluding carboxylic acids is 1. The van der Waals surface area contributed by atoms with Crippen molar-refractivity contribution in [2.75, 3.05) is 0 Å². The zero-order valence-electron chi connectivity index (χ0n) is 9.98. The summed E-state index contributed by atoms with van der Waals surface area (Å²) < 4.78 is 0. The van der Waals surface area contributed by atoms with E-state index in [1.807, 2.05) is 0 Å². The average Bonchev–Trinajstić information content (AvgIpc) is 3.28. The number of aromatic carboxylic acids is 1. The molecule has 3 rings (SSSR count). The predicted molar refractivity (Wildman–Crippen MR) is 65.0 cm³/mol. The number of carboxylic acid groups (broad SMARTS) is 1. The molecule has 2 fully saturated rings. The predicted octanol–water partition coefficient (Wildman–Crippen LogP) is 1.80. The van der Waals surface area contributed by atoms with Crippen LogP contribution in [0.4, 0.5) is 0 Å². The van der Waals surface area contributed by atoms with Gasteiger partial charge in [-0.1, -0.05) is 12.1 Å². The van der Waals surface area contributed by atoms with E-state index in [4.69, 9.17) is 5.11 Å². The van der Waals surface area contributed by atoms with Crippen molar-refractivity contribution >= 4 is 11.9 Å². The van der Waals surface area contributed by atoms with Gasteiger partial charge in [0, 0.05) is 12.5 Å². The first-order valence-corrected chi connectivity index (χ1v) is 6.21. The maximum Gasteiger partial charge on any atom is 0.335 e.